The molecular weight excluding hydrogens is 488 g/mol. The molecule has 0 aromatic rings. The molecule has 0 saturated heterocycles. The maximum Gasteiger partial charge on any atom is 0.233 e. The molecule has 0 aromatic heterocycles. The van der Waals surface area contributed by atoms with Gasteiger partial charge in [0.25, 0.3) is 0 Å². The van der Waals surface area contributed by atoms with Crippen LogP contribution in [0.15, 0.2) is 68.3 Å². The van der Waals surface area contributed by atoms with Crippen LogP contribution < -0.4 is 0 Å². The SMILES string of the molecule is CC1=C(C2=C(C)C(=O)C(=O)C([C@H](C)CC/C=C(\C)CO)=C2O)C(O)=C([C@H](C)CC/C=C(\C)CO)C(=O)C1=O. The zero-order valence-corrected chi connectivity index (χ0v) is 23.0. The largest absolute Gasteiger partial charge is 0.507 e. The number of carbonyl (C=O) groups excluding carboxylic acids is 4. The van der Waals surface area contributed by atoms with Crippen molar-refractivity contribution >= 4 is 23.1 Å². The second kappa shape index (κ2) is 12.9. The van der Waals surface area contributed by atoms with E-state index in [9.17, 15) is 39.6 Å². The predicted octanol–water partition coefficient (Wildman–Crippen LogP) is 4.26. The second-order valence-corrected chi connectivity index (χ2v) is 10.2. The second-order valence-electron chi connectivity index (χ2n) is 10.2. The Bertz CT molecular complexity index is 1140. The molecule has 0 bridgehead atoms. The molecule has 0 fully saturated rings. The average Bonchev–Trinajstić information content (AvgIpc) is 2.87. The fraction of sp³-hybridized carbons (Fsp3) is 0.467. The first-order valence-corrected chi connectivity index (χ1v) is 12.8. The zero-order valence-electron chi connectivity index (χ0n) is 23.0. The fourth-order valence-electron chi connectivity index (χ4n) is 4.76. The van der Waals surface area contributed by atoms with Crippen LogP contribution in [0.2, 0.25) is 0 Å². The zero-order chi connectivity index (χ0) is 28.9. The van der Waals surface area contributed by atoms with Crippen molar-refractivity contribution in [3.8, 4) is 0 Å². The minimum Gasteiger partial charge on any atom is -0.507 e. The molecule has 4 N–H and O–H groups in total. The van der Waals surface area contributed by atoms with Crippen molar-refractivity contribution in [2.75, 3.05) is 13.2 Å². The third-order valence-corrected chi connectivity index (χ3v) is 7.24. The minimum absolute atomic E-state index is 0.101. The van der Waals surface area contributed by atoms with Gasteiger partial charge in [-0.1, -0.05) is 37.1 Å². The van der Waals surface area contributed by atoms with Crippen LogP contribution in [0.5, 0.6) is 0 Å². The highest BCUT2D eigenvalue weighted by Crippen LogP contribution is 2.41. The molecule has 0 aliphatic heterocycles. The Labute approximate surface area is 223 Å². The summed E-state index contributed by atoms with van der Waals surface area (Å²) in [6, 6.07) is 0. The Morgan fingerprint density at radius 2 is 0.974 bits per heavy atom. The van der Waals surface area contributed by atoms with Crippen molar-refractivity contribution in [1.29, 1.82) is 0 Å². The summed E-state index contributed by atoms with van der Waals surface area (Å²) in [5, 5.41) is 41.0. The van der Waals surface area contributed by atoms with E-state index in [4.69, 9.17) is 0 Å². The Morgan fingerprint density at radius 3 is 1.26 bits per heavy atom. The van der Waals surface area contributed by atoms with Gasteiger partial charge in [-0.05, 0) is 65.2 Å². The van der Waals surface area contributed by atoms with E-state index in [2.05, 4.69) is 0 Å². The standard InChI is InChI=1S/C30H38O8/c1-15(13-31)9-7-11-17(3)21-27(35)23(19(5)25(33)29(21)37)24-20(6)26(34)30(38)22(28(24)36)18(4)12-8-10-16(2)14-32/h9-10,17-18,31-32,35-36H,7-8,11-14H2,1-6H3/b15-9+,16-10+/t17-,18-/m1/s1. The van der Waals surface area contributed by atoms with Crippen LogP contribution in [0.1, 0.15) is 67.2 Å². The van der Waals surface area contributed by atoms with Gasteiger partial charge in [-0.25, -0.2) is 0 Å². The van der Waals surface area contributed by atoms with Crippen molar-refractivity contribution in [3.63, 3.8) is 0 Å². The number of hydrogen-bond acceptors (Lipinski definition) is 8. The van der Waals surface area contributed by atoms with E-state index in [0.29, 0.717) is 25.7 Å². The number of ketones is 4. The van der Waals surface area contributed by atoms with E-state index < -0.39 is 46.5 Å². The van der Waals surface area contributed by atoms with Gasteiger partial charge in [0.05, 0.1) is 13.2 Å². The van der Waals surface area contributed by atoms with Crippen molar-refractivity contribution in [2.45, 2.75) is 67.2 Å². The van der Waals surface area contributed by atoms with Gasteiger partial charge < -0.3 is 20.4 Å². The maximum absolute atomic E-state index is 13.0. The van der Waals surface area contributed by atoms with Crippen molar-refractivity contribution in [2.24, 2.45) is 11.8 Å². The lowest BCUT2D eigenvalue weighted by Gasteiger charge is -2.28. The van der Waals surface area contributed by atoms with E-state index >= 15 is 0 Å². The Morgan fingerprint density at radius 1 is 0.658 bits per heavy atom. The monoisotopic (exact) mass is 526 g/mol. The van der Waals surface area contributed by atoms with Gasteiger partial charge in [0.1, 0.15) is 11.5 Å². The van der Waals surface area contributed by atoms with Gasteiger partial charge in [-0.15, -0.1) is 0 Å². The molecule has 0 saturated carbocycles. The third kappa shape index (κ3) is 6.19. The first kappa shape index (κ1) is 30.9. The minimum atomic E-state index is -0.849. The lowest BCUT2D eigenvalue weighted by molar-refractivity contribution is -0.133. The highest BCUT2D eigenvalue weighted by molar-refractivity contribution is 6.52. The van der Waals surface area contributed by atoms with Crippen LogP contribution in [0.3, 0.4) is 0 Å². The van der Waals surface area contributed by atoms with E-state index in [1.54, 1.807) is 27.7 Å². The van der Waals surface area contributed by atoms with Gasteiger partial charge in [0.15, 0.2) is 0 Å². The van der Waals surface area contributed by atoms with Crippen LogP contribution >= 0.6 is 0 Å². The van der Waals surface area contributed by atoms with Crippen LogP contribution in [-0.2, 0) is 19.2 Å². The van der Waals surface area contributed by atoms with E-state index in [0.717, 1.165) is 11.1 Å². The molecule has 8 nitrogen and oxygen atoms in total. The molecule has 0 amide bonds. The summed E-state index contributed by atoms with van der Waals surface area (Å²) in [4.78, 5) is 51.8. The molecule has 0 heterocycles. The topological polar surface area (TPSA) is 149 Å². The molecule has 2 atom stereocenters. The van der Waals surface area contributed by atoms with Crippen LogP contribution in [0, 0.1) is 11.8 Å². The Hall–Kier alpha value is -3.36. The number of Topliss-reactive ketones (excluding diaryl/α,β-unsaturated/α-hetero) is 4. The number of rotatable bonds is 11. The lowest BCUT2D eigenvalue weighted by Crippen LogP contribution is -2.33. The molecule has 38 heavy (non-hydrogen) atoms. The summed E-state index contributed by atoms with van der Waals surface area (Å²) < 4.78 is 0. The van der Waals surface area contributed by atoms with Crippen molar-refractivity contribution in [3.05, 3.63) is 68.3 Å². The molecule has 0 unspecified atom stereocenters. The average molecular weight is 527 g/mol. The maximum atomic E-state index is 13.0. The number of carbonyl (C=O) groups is 4. The third-order valence-electron chi connectivity index (χ3n) is 7.24. The molecule has 0 aromatic carbocycles. The molecule has 206 valence electrons. The summed E-state index contributed by atoms with van der Waals surface area (Å²) in [6.07, 6.45) is 5.42. The van der Waals surface area contributed by atoms with E-state index in [1.807, 2.05) is 12.2 Å². The number of hydrogen-bond donors (Lipinski definition) is 4. The molecule has 2 aliphatic carbocycles. The molecule has 8 heteroatoms. The van der Waals surface area contributed by atoms with Gasteiger partial charge in [-0.3, -0.25) is 19.2 Å². The summed E-state index contributed by atoms with van der Waals surface area (Å²) in [6.45, 7) is 9.40. The lowest BCUT2D eigenvalue weighted by atomic mass is 9.74. The fourth-order valence-corrected chi connectivity index (χ4v) is 4.76. The quantitative estimate of drug-likeness (QED) is 0.177. The first-order valence-electron chi connectivity index (χ1n) is 12.8. The van der Waals surface area contributed by atoms with Gasteiger partial charge in [-0.2, -0.15) is 0 Å². The molecule has 2 rings (SSSR count). The van der Waals surface area contributed by atoms with Crippen molar-refractivity contribution in [1.82, 2.24) is 0 Å². The number of allylic oxidation sites excluding steroid dienone is 8. The molecular formula is C30H38O8. The number of aliphatic hydroxyl groups is 4. The van der Waals surface area contributed by atoms with E-state index in [-0.39, 0.29) is 46.7 Å². The van der Waals surface area contributed by atoms with Crippen LogP contribution in [-0.4, -0.2) is 56.8 Å². The summed E-state index contributed by atoms with van der Waals surface area (Å²) in [5.41, 5.74) is 0.826. The van der Waals surface area contributed by atoms with Crippen LogP contribution in [0.25, 0.3) is 0 Å². The summed E-state index contributed by atoms with van der Waals surface area (Å²) >= 11 is 0. The van der Waals surface area contributed by atoms with Gasteiger partial charge >= 0.3 is 0 Å². The Kier molecular flexibility index (Phi) is 10.5. The smallest absolute Gasteiger partial charge is 0.233 e. The molecule has 0 radical (unpaired) electrons. The van der Waals surface area contributed by atoms with Crippen LogP contribution in [0.4, 0.5) is 0 Å². The normalized spacial score (nSPS) is 19.8. The first-order chi connectivity index (χ1) is 17.8. The molecule has 2 aliphatic rings. The highest BCUT2D eigenvalue weighted by Gasteiger charge is 2.42. The predicted molar refractivity (Wildman–Crippen MR) is 143 cm³/mol. The van der Waals surface area contributed by atoms with Gasteiger partial charge in [0.2, 0.25) is 23.1 Å². The summed E-state index contributed by atoms with van der Waals surface area (Å²) in [7, 11) is 0. The molecule has 0 spiro atoms. The van der Waals surface area contributed by atoms with Gasteiger partial charge in [0, 0.05) is 33.4 Å². The van der Waals surface area contributed by atoms with E-state index in [1.165, 1.54) is 13.8 Å². The highest BCUT2D eigenvalue weighted by atomic mass is 16.3. The van der Waals surface area contributed by atoms with Crippen molar-refractivity contribution < 1.29 is 39.6 Å². The number of aliphatic hydroxyl groups excluding tert-OH is 4. The Balaban J connectivity index is 2.62. The summed E-state index contributed by atoms with van der Waals surface area (Å²) in [5.74, 6) is -5.44.